The highest BCUT2D eigenvalue weighted by atomic mass is 16.3. The highest BCUT2D eigenvalue weighted by Crippen LogP contribution is 2.13. The molecule has 0 aliphatic heterocycles. The molecule has 1 fully saturated rings. The Kier molecular flexibility index (Phi) is 1.11. The average molecular weight is 99.1 g/mol. The SMILES string of the molecule is N=C1CC[C@@H](O)C1. The molecule has 2 nitrogen and oxygen atoms in total. The first kappa shape index (κ1) is 4.78. The van der Waals surface area contributed by atoms with E-state index in [1.807, 2.05) is 0 Å². The monoisotopic (exact) mass is 99.1 g/mol. The van der Waals surface area contributed by atoms with Crippen molar-refractivity contribution in [3.63, 3.8) is 0 Å². The molecular weight excluding hydrogens is 90.1 g/mol. The summed E-state index contributed by atoms with van der Waals surface area (Å²) in [6.07, 6.45) is 2.02. The molecule has 1 saturated carbocycles. The molecule has 1 atom stereocenters. The van der Waals surface area contributed by atoms with E-state index in [-0.39, 0.29) is 6.10 Å². The number of hydrogen-bond acceptors (Lipinski definition) is 2. The molecule has 0 radical (unpaired) electrons. The fraction of sp³-hybridized carbons (Fsp3) is 0.800. The number of rotatable bonds is 0. The first-order valence-electron chi connectivity index (χ1n) is 2.53. The summed E-state index contributed by atoms with van der Waals surface area (Å²) in [4.78, 5) is 0. The smallest absolute Gasteiger partial charge is 0.0595 e. The van der Waals surface area contributed by atoms with Crippen molar-refractivity contribution in [1.29, 1.82) is 5.41 Å². The maximum Gasteiger partial charge on any atom is 0.0595 e. The van der Waals surface area contributed by atoms with Crippen molar-refractivity contribution >= 4 is 5.71 Å². The van der Waals surface area contributed by atoms with Crippen molar-refractivity contribution in [3.8, 4) is 0 Å². The molecule has 40 valence electrons. The normalized spacial score (nSPS) is 31.6. The van der Waals surface area contributed by atoms with E-state index >= 15 is 0 Å². The summed E-state index contributed by atoms with van der Waals surface area (Å²) in [6.45, 7) is 0. The molecule has 0 amide bonds. The van der Waals surface area contributed by atoms with Crippen molar-refractivity contribution in [1.82, 2.24) is 0 Å². The van der Waals surface area contributed by atoms with E-state index in [2.05, 4.69) is 0 Å². The summed E-state index contributed by atoms with van der Waals surface area (Å²) in [6, 6.07) is 0. The lowest BCUT2D eigenvalue weighted by molar-refractivity contribution is 0.188. The second-order valence-corrected chi connectivity index (χ2v) is 2.00. The summed E-state index contributed by atoms with van der Waals surface area (Å²) in [7, 11) is 0. The highest BCUT2D eigenvalue weighted by Gasteiger charge is 2.15. The second kappa shape index (κ2) is 1.62. The summed E-state index contributed by atoms with van der Waals surface area (Å²) < 4.78 is 0. The molecule has 0 aromatic carbocycles. The van der Waals surface area contributed by atoms with Gasteiger partial charge in [-0.15, -0.1) is 0 Å². The molecule has 0 heterocycles. The van der Waals surface area contributed by atoms with Crippen LogP contribution >= 0.6 is 0 Å². The van der Waals surface area contributed by atoms with Gasteiger partial charge in [0.2, 0.25) is 0 Å². The van der Waals surface area contributed by atoms with Crippen molar-refractivity contribution in [2.75, 3.05) is 0 Å². The van der Waals surface area contributed by atoms with Gasteiger partial charge in [0.25, 0.3) is 0 Å². The Hall–Kier alpha value is -0.370. The summed E-state index contributed by atoms with van der Waals surface area (Å²) >= 11 is 0. The minimum atomic E-state index is -0.201. The zero-order valence-electron chi connectivity index (χ0n) is 4.15. The molecule has 1 rings (SSSR count). The van der Waals surface area contributed by atoms with E-state index in [9.17, 15) is 0 Å². The van der Waals surface area contributed by atoms with Crippen LogP contribution in [0.1, 0.15) is 19.3 Å². The maximum atomic E-state index is 8.76. The van der Waals surface area contributed by atoms with Crippen LogP contribution in [0, 0.1) is 5.41 Å². The van der Waals surface area contributed by atoms with Gasteiger partial charge in [0, 0.05) is 12.1 Å². The van der Waals surface area contributed by atoms with Crippen molar-refractivity contribution in [2.24, 2.45) is 0 Å². The van der Waals surface area contributed by atoms with Gasteiger partial charge in [-0.2, -0.15) is 0 Å². The standard InChI is InChI=1S/C5H9NO/c6-4-1-2-5(7)3-4/h5-7H,1-3H2/t5-/m1/s1. The maximum absolute atomic E-state index is 8.76. The van der Waals surface area contributed by atoms with Crippen molar-refractivity contribution in [2.45, 2.75) is 25.4 Å². The third kappa shape index (κ3) is 0.996. The van der Waals surface area contributed by atoms with Crippen LogP contribution in [0.15, 0.2) is 0 Å². The van der Waals surface area contributed by atoms with Crippen LogP contribution < -0.4 is 0 Å². The van der Waals surface area contributed by atoms with E-state index in [0.29, 0.717) is 12.1 Å². The Balaban J connectivity index is 2.40. The van der Waals surface area contributed by atoms with Gasteiger partial charge in [-0.3, -0.25) is 0 Å². The molecule has 0 aromatic rings. The molecule has 2 N–H and O–H groups in total. The quantitative estimate of drug-likeness (QED) is 0.457. The molecule has 1 aliphatic rings. The lowest BCUT2D eigenvalue weighted by Crippen LogP contribution is -1.97. The number of nitrogens with one attached hydrogen (secondary N) is 1. The first-order valence-corrected chi connectivity index (χ1v) is 2.53. The van der Waals surface area contributed by atoms with Gasteiger partial charge in [-0.05, 0) is 12.8 Å². The number of aliphatic hydroxyl groups excluding tert-OH is 1. The molecule has 7 heavy (non-hydrogen) atoms. The summed E-state index contributed by atoms with van der Waals surface area (Å²) in [5.41, 5.74) is 0.701. The first-order chi connectivity index (χ1) is 3.29. The Bertz CT molecular complexity index is 90.1. The van der Waals surface area contributed by atoms with Crippen LogP contribution in [0.2, 0.25) is 0 Å². The lowest BCUT2D eigenvalue weighted by Gasteiger charge is -1.91. The van der Waals surface area contributed by atoms with Crippen LogP contribution in [0.5, 0.6) is 0 Å². The minimum absolute atomic E-state index is 0.201. The van der Waals surface area contributed by atoms with Crippen LogP contribution in [-0.4, -0.2) is 16.9 Å². The van der Waals surface area contributed by atoms with E-state index in [1.54, 1.807) is 0 Å². The Labute approximate surface area is 42.7 Å². The predicted octanol–water partition coefficient (Wildman–Crippen LogP) is 0.551. The second-order valence-electron chi connectivity index (χ2n) is 2.00. The molecule has 0 saturated heterocycles. The Morgan fingerprint density at radius 3 is 2.57 bits per heavy atom. The molecule has 1 aliphatic carbocycles. The average Bonchev–Trinajstić information content (AvgIpc) is 1.87. The predicted molar refractivity (Wildman–Crippen MR) is 27.6 cm³/mol. The zero-order chi connectivity index (χ0) is 5.28. The van der Waals surface area contributed by atoms with Gasteiger partial charge in [0.05, 0.1) is 6.10 Å². The molecule has 0 unspecified atom stereocenters. The van der Waals surface area contributed by atoms with E-state index in [0.717, 1.165) is 12.8 Å². The van der Waals surface area contributed by atoms with Crippen LogP contribution in [0.25, 0.3) is 0 Å². The fourth-order valence-corrected chi connectivity index (χ4v) is 0.829. The third-order valence-electron chi connectivity index (χ3n) is 1.26. The molecular formula is C5H9NO. The van der Waals surface area contributed by atoms with Crippen LogP contribution in [-0.2, 0) is 0 Å². The van der Waals surface area contributed by atoms with Gasteiger partial charge >= 0.3 is 0 Å². The van der Waals surface area contributed by atoms with Crippen LogP contribution in [0.4, 0.5) is 0 Å². The summed E-state index contributed by atoms with van der Waals surface area (Å²) in [5, 5.41) is 15.8. The lowest BCUT2D eigenvalue weighted by atomic mass is 10.3. The van der Waals surface area contributed by atoms with Gasteiger partial charge < -0.3 is 10.5 Å². The molecule has 0 bridgehead atoms. The van der Waals surface area contributed by atoms with E-state index in [1.165, 1.54) is 0 Å². The highest BCUT2D eigenvalue weighted by molar-refractivity contribution is 5.83. The van der Waals surface area contributed by atoms with E-state index in [4.69, 9.17) is 10.5 Å². The zero-order valence-corrected chi connectivity index (χ0v) is 4.15. The Morgan fingerprint density at radius 2 is 2.43 bits per heavy atom. The largest absolute Gasteiger partial charge is 0.393 e. The molecule has 2 heteroatoms. The van der Waals surface area contributed by atoms with Gasteiger partial charge in [-0.1, -0.05) is 0 Å². The molecule has 0 aromatic heterocycles. The van der Waals surface area contributed by atoms with Crippen LogP contribution in [0.3, 0.4) is 0 Å². The van der Waals surface area contributed by atoms with Crippen molar-refractivity contribution in [3.05, 3.63) is 0 Å². The van der Waals surface area contributed by atoms with Crippen molar-refractivity contribution < 1.29 is 5.11 Å². The topological polar surface area (TPSA) is 44.1 Å². The number of aliphatic hydroxyl groups is 1. The fourth-order valence-electron chi connectivity index (χ4n) is 0.829. The number of hydrogen-bond donors (Lipinski definition) is 2. The minimum Gasteiger partial charge on any atom is -0.393 e. The molecule has 0 spiro atoms. The summed E-state index contributed by atoms with van der Waals surface area (Å²) in [5.74, 6) is 0. The van der Waals surface area contributed by atoms with Gasteiger partial charge in [-0.25, -0.2) is 0 Å². The van der Waals surface area contributed by atoms with Gasteiger partial charge in [0.15, 0.2) is 0 Å². The van der Waals surface area contributed by atoms with Gasteiger partial charge in [0.1, 0.15) is 0 Å². The Morgan fingerprint density at radius 1 is 1.71 bits per heavy atom. The van der Waals surface area contributed by atoms with E-state index < -0.39 is 0 Å². The third-order valence-corrected chi connectivity index (χ3v) is 1.26.